The number of hydrogen-bond donors (Lipinski definition) is 3. The lowest BCUT2D eigenvalue weighted by atomic mass is 9.83. The van der Waals surface area contributed by atoms with Crippen LogP contribution in [0.15, 0.2) is 41.2 Å². The van der Waals surface area contributed by atoms with E-state index in [1.165, 1.54) is 24.3 Å². The molecular weight excluding hydrogens is 366 g/mol. The van der Waals surface area contributed by atoms with E-state index in [0.717, 1.165) is 5.56 Å². The zero-order valence-corrected chi connectivity index (χ0v) is 14.6. The van der Waals surface area contributed by atoms with Gasteiger partial charge in [0.25, 0.3) is 5.56 Å². The first-order valence-electron chi connectivity index (χ1n) is 8.64. The van der Waals surface area contributed by atoms with E-state index in [2.05, 4.69) is 30.7 Å². The number of hydrogen-bond acceptors (Lipinski definition) is 5. The van der Waals surface area contributed by atoms with Crippen LogP contribution in [0.2, 0.25) is 0 Å². The van der Waals surface area contributed by atoms with Crippen LogP contribution < -0.4 is 10.9 Å². The van der Waals surface area contributed by atoms with Crippen LogP contribution >= 0.6 is 0 Å². The summed E-state index contributed by atoms with van der Waals surface area (Å²) in [5.41, 5.74) is 1.24. The van der Waals surface area contributed by atoms with Crippen LogP contribution in [-0.4, -0.2) is 25.4 Å². The molecule has 140 valence electrons. The number of benzene rings is 2. The van der Waals surface area contributed by atoms with Crippen LogP contribution in [0.25, 0.3) is 10.8 Å². The normalized spacial score (nSPS) is 18.2. The molecule has 0 spiro atoms. The summed E-state index contributed by atoms with van der Waals surface area (Å²) < 4.78 is 27.6. The Morgan fingerprint density at radius 3 is 2.50 bits per heavy atom. The summed E-state index contributed by atoms with van der Waals surface area (Å²) in [5.74, 6) is -0.287. The average Bonchev–Trinajstić information content (AvgIpc) is 3.10. The number of anilines is 1. The lowest BCUT2D eigenvalue weighted by Crippen LogP contribution is -2.29. The molecule has 0 saturated heterocycles. The van der Waals surface area contributed by atoms with Crippen LogP contribution in [0.3, 0.4) is 0 Å². The lowest BCUT2D eigenvalue weighted by Gasteiger charge is -2.32. The number of nitrogens with zero attached hydrogens (tertiary/aromatic N) is 3. The Morgan fingerprint density at radius 2 is 1.79 bits per heavy atom. The molecule has 0 saturated carbocycles. The first-order valence-corrected chi connectivity index (χ1v) is 8.64. The predicted molar refractivity (Wildman–Crippen MR) is 98.0 cm³/mol. The van der Waals surface area contributed by atoms with Crippen molar-refractivity contribution in [2.24, 2.45) is 0 Å². The first kappa shape index (κ1) is 16.5. The van der Waals surface area contributed by atoms with Crippen LogP contribution in [0.5, 0.6) is 0 Å². The largest absolute Gasteiger partial charge is 0.376 e. The summed E-state index contributed by atoms with van der Waals surface area (Å²) in [6.07, 6.45) is 0. The third kappa shape index (κ3) is 2.47. The van der Waals surface area contributed by atoms with Gasteiger partial charge in [0.05, 0.1) is 23.0 Å². The zero-order valence-electron chi connectivity index (χ0n) is 14.6. The minimum atomic E-state index is -0.539. The fourth-order valence-electron chi connectivity index (χ4n) is 3.75. The minimum absolute atomic E-state index is 0.197. The van der Waals surface area contributed by atoms with Crippen molar-refractivity contribution in [3.63, 3.8) is 0 Å². The van der Waals surface area contributed by atoms with Crippen molar-refractivity contribution in [2.75, 3.05) is 5.32 Å². The highest BCUT2D eigenvalue weighted by Crippen LogP contribution is 2.45. The summed E-state index contributed by atoms with van der Waals surface area (Å²) in [6.45, 7) is 1.78. The molecule has 2 atom stereocenters. The Balaban J connectivity index is 1.81. The molecule has 1 aliphatic heterocycles. The van der Waals surface area contributed by atoms with Crippen LogP contribution in [0, 0.1) is 18.6 Å². The van der Waals surface area contributed by atoms with Gasteiger partial charge in [-0.3, -0.25) is 9.89 Å². The summed E-state index contributed by atoms with van der Waals surface area (Å²) in [6, 6.07) is 8.07. The number of aryl methyl sites for hydroxylation is 1. The van der Waals surface area contributed by atoms with E-state index in [4.69, 9.17) is 0 Å². The molecule has 9 heteroatoms. The molecule has 0 fully saturated rings. The van der Waals surface area contributed by atoms with E-state index in [9.17, 15) is 13.6 Å². The Hall–Kier alpha value is -3.62. The molecule has 2 aromatic heterocycles. The zero-order chi connectivity index (χ0) is 19.4. The molecule has 0 radical (unpaired) electrons. The van der Waals surface area contributed by atoms with Crippen LogP contribution in [0.4, 0.5) is 14.5 Å². The van der Waals surface area contributed by atoms with E-state index in [1.807, 2.05) is 0 Å². The number of nitrogens with one attached hydrogen (secondary N) is 3. The molecular formula is C19H14F2N6O. The number of H-pyrrole nitrogens is 2. The predicted octanol–water partition coefficient (Wildman–Crippen LogP) is 2.93. The van der Waals surface area contributed by atoms with Crippen molar-refractivity contribution < 1.29 is 8.78 Å². The standard InChI is InChI=1S/C19H14F2N6O/c1-8-22-18(26-24-8)15-16(9-2-4-10(20)5-3-9)23-13-7-11(21)6-12-14(13)17(15)25-27-19(12)28/h2-7,15-16,23H,1H3,(H,27,28)(H,22,24,26). The number of aromatic nitrogens is 5. The van der Waals surface area contributed by atoms with Crippen molar-refractivity contribution in [3.8, 4) is 0 Å². The van der Waals surface area contributed by atoms with Gasteiger partial charge in [0.1, 0.15) is 17.5 Å². The Labute approximate surface area is 156 Å². The second-order valence-electron chi connectivity index (χ2n) is 6.74. The molecule has 7 nitrogen and oxygen atoms in total. The molecule has 3 heterocycles. The van der Waals surface area contributed by atoms with Crippen molar-refractivity contribution >= 4 is 16.5 Å². The van der Waals surface area contributed by atoms with Crippen molar-refractivity contribution in [3.05, 3.63) is 81.3 Å². The van der Waals surface area contributed by atoms with Gasteiger partial charge in [0.2, 0.25) is 0 Å². The highest BCUT2D eigenvalue weighted by Gasteiger charge is 2.37. The van der Waals surface area contributed by atoms with Gasteiger partial charge in [-0.25, -0.2) is 18.9 Å². The maximum Gasteiger partial charge on any atom is 0.272 e. The van der Waals surface area contributed by atoms with Crippen LogP contribution in [-0.2, 0) is 0 Å². The van der Waals surface area contributed by atoms with Gasteiger partial charge < -0.3 is 5.32 Å². The molecule has 0 aliphatic carbocycles. The molecule has 28 heavy (non-hydrogen) atoms. The van der Waals surface area contributed by atoms with Gasteiger partial charge in [-0.15, -0.1) is 0 Å². The molecule has 5 rings (SSSR count). The molecule has 3 N–H and O–H groups in total. The molecule has 1 aliphatic rings. The van der Waals surface area contributed by atoms with E-state index in [-0.39, 0.29) is 11.2 Å². The van der Waals surface area contributed by atoms with Gasteiger partial charge >= 0.3 is 0 Å². The minimum Gasteiger partial charge on any atom is -0.376 e. The molecule has 2 unspecified atom stereocenters. The number of rotatable bonds is 2. The third-order valence-corrected chi connectivity index (χ3v) is 4.94. The average molecular weight is 380 g/mol. The van der Waals surface area contributed by atoms with Gasteiger partial charge in [-0.2, -0.15) is 10.2 Å². The number of aromatic amines is 2. The second-order valence-corrected chi connectivity index (χ2v) is 6.74. The highest BCUT2D eigenvalue weighted by molar-refractivity contribution is 5.97. The SMILES string of the molecule is Cc1nc(C2c3n[nH]c(=O)c4cc(F)cc(c34)NC2c2ccc(F)cc2)n[nH]1. The highest BCUT2D eigenvalue weighted by atomic mass is 19.1. The summed E-state index contributed by atoms with van der Waals surface area (Å²) in [7, 11) is 0. The van der Waals surface area contributed by atoms with E-state index in [1.54, 1.807) is 19.1 Å². The summed E-state index contributed by atoms with van der Waals surface area (Å²) in [4.78, 5) is 16.7. The van der Waals surface area contributed by atoms with Crippen molar-refractivity contribution in [1.82, 2.24) is 25.4 Å². The maximum atomic E-state index is 14.1. The Morgan fingerprint density at radius 1 is 1.00 bits per heavy atom. The molecule has 0 amide bonds. The smallest absolute Gasteiger partial charge is 0.272 e. The second kappa shape index (κ2) is 5.95. The topological polar surface area (TPSA) is 99.3 Å². The van der Waals surface area contributed by atoms with Gasteiger partial charge in [0.15, 0.2) is 5.82 Å². The molecule has 2 aromatic carbocycles. The van der Waals surface area contributed by atoms with E-state index >= 15 is 0 Å². The Kier molecular flexibility index (Phi) is 3.51. The van der Waals surface area contributed by atoms with Gasteiger partial charge in [-0.1, -0.05) is 12.1 Å². The summed E-state index contributed by atoms with van der Waals surface area (Å²) in [5, 5.41) is 17.8. The maximum absolute atomic E-state index is 14.1. The Bertz CT molecular complexity index is 1260. The third-order valence-electron chi connectivity index (χ3n) is 4.94. The van der Waals surface area contributed by atoms with Crippen LogP contribution in [0.1, 0.15) is 34.9 Å². The number of halogens is 2. The monoisotopic (exact) mass is 380 g/mol. The van der Waals surface area contributed by atoms with E-state index < -0.39 is 23.3 Å². The molecule has 0 bridgehead atoms. The van der Waals surface area contributed by atoms with Crippen molar-refractivity contribution in [1.29, 1.82) is 0 Å². The quantitative estimate of drug-likeness (QED) is 0.497. The lowest BCUT2D eigenvalue weighted by molar-refractivity contribution is 0.596. The molecule has 4 aromatic rings. The van der Waals surface area contributed by atoms with Crippen molar-refractivity contribution in [2.45, 2.75) is 18.9 Å². The van der Waals surface area contributed by atoms with Gasteiger partial charge in [0, 0.05) is 11.1 Å². The van der Waals surface area contributed by atoms with Gasteiger partial charge in [-0.05, 0) is 36.8 Å². The summed E-state index contributed by atoms with van der Waals surface area (Å²) >= 11 is 0. The van der Waals surface area contributed by atoms with E-state index in [0.29, 0.717) is 28.4 Å². The fraction of sp³-hybridized carbons (Fsp3) is 0.158. The fourth-order valence-corrected chi connectivity index (χ4v) is 3.75. The first-order chi connectivity index (χ1) is 13.5.